The second kappa shape index (κ2) is 15.1. The van der Waals surface area contributed by atoms with Gasteiger partial charge in [0, 0.05) is 33.3 Å². The lowest BCUT2D eigenvalue weighted by atomic mass is 9.97. The Balaban J connectivity index is 1.15. The fourth-order valence-electron chi connectivity index (χ4n) is 8.89. The maximum atomic E-state index is 2.47. The highest BCUT2D eigenvalue weighted by molar-refractivity contribution is 6.11. The fourth-order valence-corrected chi connectivity index (χ4v) is 8.89. The topological polar surface area (TPSA) is 8.17 Å². The number of anilines is 3. The van der Waals surface area contributed by atoms with Crippen molar-refractivity contribution in [2.75, 3.05) is 4.90 Å². The van der Waals surface area contributed by atoms with Crippen LogP contribution in [0.2, 0.25) is 0 Å². The molecule has 0 N–H and O–H groups in total. The number of hydrogen-bond donors (Lipinski definition) is 0. The van der Waals surface area contributed by atoms with Gasteiger partial charge in [0.15, 0.2) is 0 Å². The Morgan fingerprint density at radius 3 is 1.57 bits per heavy atom. The van der Waals surface area contributed by atoms with Gasteiger partial charge in [-0.25, -0.2) is 0 Å². The largest absolute Gasteiger partial charge is 0.310 e. The Morgan fingerprint density at radius 2 is 0.817 bits per heavy atom. The lowest BCUT2D eigenvalue weighted by molar-refractivity contribution is 1.18. The van der Waals surface area contributed by atoms with Crippen LogP contribution in [0, 0.1) is 0 Å². The second-order valence-electron chi connectivity index (χ2n) is 15.3. The molecule has 1 aromatic heterocycles. The smallest absolute Gasteiger partial charge is 0.0562 e. The summed E-state index contributed by atoms with van der Waals surface area (Å²) >= 11 is 0. The minimum absolute atomic E-state index is 1.08. The van der Waals surface area contributed by atoms with E-state index in [4.69, 9.17) is 0 Å². The summed E-state index contributed by atoms with van der Waals surface area (Å²) in [4.78, 5) is 2.44. The van der Waals surface area contributed by atoms with E-state index < -0.39 is 0 Å². The molecule has 0 spiro atoms. The van der Waals surface area contributed by atoms with E-state index >= 15 is 0 Å². The molecule has 0 aliphatic carbocycles. The van der Waals surface area contributed by atoms with Crippen molar-refractivity contribution in [3.8, 4) is 50.2 Å². The van der Waals surface area contributed by atoms with E-state index in [-0.39, 0.29) is 0 Å². The quantitative estimate of drug-likeness (QED) is 0.150. The van der Waals surface area contributed by atoms with Crippen molar-refractivity contribution in [1.82, 2.24) is 4.57 Å². The summed E-state index contributed by atoms with van der Waals surface area (Å²) in [6, 6.07) is 88.0. The lowest BCUT2D eigenvalue weighted by Gasteiger charge is -2.29. The standard InChI is InChI=1S/C58H40N2/c1-4-17-41(18-5-1)43-31-33-49(34-32-43)59(57-39-47-24-11-10-23-46(47)38-54(57)44-21-8-3-9-22-44)50-35-36-53-52-28-13-15-30-56(52)60(58(53)40-50)55-29-14-12-27-51(55)48-26-16-25-45(37-48)42-19-6-2-7-20-42/h1-40H. The van der Waals surface area contributed by atoms with Crippen LogP contribution in [0.1, 0.15) is 0 Å². The van der Waals surface area contributed by atoms with Gasteiger partial charge in [-0.15, -0.1) is 0 Å². The van der Waals surface area contributed by atoms with Crippen LogP contribution >= 0.6 is 0 Å². The summed E-state index contributed by atoms with van der Waals surface area (Å²) in [7, 11) is 0. The van der Waals surface area contributed by atoms with E-state index in [0.717, 1.165) is 28.3 Å². The first-order valence-electron chi connectivity index (χ1n) is 20.6. The predicted molar refractivity (Wildman–Crippen MR) is 255 cm³/mol. The van der Waals surface area contributed by atoms with E-state index in [1.54, 1.807) is 0 Å². The van der Waals surface area contributed by atoms with Crippen LogP contribution in [0.3, 0.4) is 0 Å². The molecule has 282 valence electrons. The zero-order valence-electron chi connectivity index (χ0n) is 33.0. The molecule has 0 saturated carbocycles. The van der Waals surface area contributed by atoms with Gasteiger partial charge in [-0.1, -0.05) is 188 Å². The monoisotopic (exact) mass is 764 g/mol. The first kappa shape index (κ1) is 35.2. The van der Waals surface area contributed by atoms with E-state index in [0.29, 0.717) is 0 Å². The molecule has 0 amide bonds. The Kier molecular flexibility index (Phi) is 8.87. The van der Waals surface area contributed by atoms with Gasteiger partial charge in [-0.3, -0.25) is 0 Å². The van der Waals surface area contributed by atoms with Gasteiger partial charge < -0.3 is 9.47 Å². The molecular formula is C58H40N2. The highest BCUT2D eigenvalue weighted by atomic mass is 15.1. The van der Waals surface area contributed by atoms with Crippen molar-refractivity contribution >= 4 is 49.6 Å². The van der Waals surface area contributed by atoms with Crippen molar-refractivity contribution in [3.05, 3.63) is 243 Å². The maximum Gasteiger partial charge on any atom is 0.0562 e. The third kappa shape index (κ3) is 6.32. The number of hydrogen-bond acceptors (Lipinski definition) is 1. The normalized spacial score (nSPS) is 11.3. The highest BCUT2D eigenvalue weighted by Gasteiger charge is 2.22. The Morgan fingerprint density at radius 1 is 0.283 bits per heavy atom. The molecule has 0 aliphatic rings. The van der Waals surface area contributed by atoms with E-state index in [1.165, 1.54) is 71.6 Å². The van der Waals surface area contributed by atoms with Crippen LogP contribution in [0.4, 0.5) is 17.1 Å². The molecule has 0 radical (unpaired) electrons. The fraction of sp³-hybridized carbons (Fsp3) is 0. The molecule has 11 aromatic rings. The summed E-state index contributed by atoms with van der Waals surface area (Å²) < 4.78 is 2.47. The van der Waals surface area contributed by atoms with E-state index in [1.807, 2.05) is 0 Å². The molecule has 0 saturated heterocycles. The molecule has 10 aromatic carbocycles. The van der Waals surface area contributed by atoms with Gasteiger partial charge in [-0.2, -0.15) is 0 Å². The first-order chi connectivity index (χ1) is 29.8. The zero-order chi connectivity index (χ0) is 39.8. The van der Waals surface area contributed by atoms with Gasteiger partial charge >= 0.3 is 0 Å². The Hall–Kier alpha value is -7.94. The van der Waals surface area contributed by atoms with Gasteiger partial charge in [0.25, 0.3) is 0 Å². The highest BCUT2D eigenvalue weighted by Crippen LogP contribution is 2.46. The van der Waals surface area contributed by atoms with Gasteiger partial charge in [0.05, 0.1) is 22.4 Å². The van der Waals surface area contributed by atoms with E-state index in [2.05, 4.69) is 252 Å². The van der Waals surface area contributed by atoms with Crippen LogP contribution in [0.25, 0.3) is 82.8 Å². The summed E-state index contributed by atoms with van der Waals surface area (Å²) in [5.41, 5.74) is 16.2. The summed E-state index contributed by atoms with van der Waals surface area (Å²) in [6.07, 6.45) is 0. The second-order valence-corrected chi connectivity index (χ2v) is 15.3. The molecular weight excluding hydrogens is 725 g/mol. The van der Waals surface area contributed by atoms with Gasteiger partial charge in [0.2, 0.25) is 0 Å². The van der Waals surface area contributed by atoms with Crippen molar-refractivity contribution in [2.24, 2.45) is 0 Å². The van der Waals surface area contributed by atoms with Crippen LogP contribution in [-0.4, -0.2) is 4.57 Å². The molecule has 11 rings (SSSR count). The van der Waals surface area contributed by atoms with Crippen LogP contribution < -0.4 is 4.90 Å². The summed E-state index contributed by atoms with van der Waals surface area (Å²) in [5.74, 6) is 0. The van der Waals surface area contributed by atoms with Crippen LogP contribution in [0.5, 0.6) is 0 Å². The van der Waals surface area contributed by atoms with Crippen LogP contribution in [0.15, 0.2) is 243 Å². The van der Waals surface area contributed by atoms with Crippen molar-refractivity contribution in [3.63, 3.8) is 0 Å². The molecule has 0 unspecified atom stereocenters. The minimum Gasteiger partial charge on any atom is -0.310 e. The Bertz CT molecular complexity index is 3290. The minimum atomic E-state index is 1.08. The predicted octanol–water partition coefficient (Wildman–Crippen LogP) is 16.1. The Labute approximate surface area is 350 Å². The van der Waals surface area contributed by atoms with Gasteiger partial charge in [-0.05, 0) is 98.8 Å². The lowest BCUT2D eigenvalue weighted by Crippen LogP contribution is -2.11. The molecule has 60 heavy (non-hydrogen) atoms. The third-order valence-electron chi connectivity index (χ3n) is 11.8. The average molecular weight is 765 g/mol. The number of nitrogens with zero attached hydrogens (tertiary/aromatic N) is 2. The third-order valence-corrected chi connectivity index (χ3v) is 11.8. The number of aromatic nitrogens is 1. The first-order valence-corrected chi connectivity index (χ1v) is 20.6. The molecule has 0 atom stereocenters. The van der Waals surface area contributed by atoms with E-state index in [9.17, 15) is 0 Å². The molecule has 1 heterocycles. The number of para-hydroxylation sites is 2. The molecule has 0 aliphatic heterocycles. The van der Waals surface area contributed by atoms with Crippen molar-refractivity contribution < 1.29 is 0 Å². The SMILES string of the molecule is c1ccc(-c2ccc(N(c3ccc4c5ccccc5n(-c5ccccc5-c5cccc(-c6ccccc6)c5)c4c3)c3cc4ccccc4cc3-c3ccccc3)cc2)cc1. The molecule has 2 nitrogen and oxygen atoms in total. The van der Waals surface area contributed by atoms with Crippen molar-refractivity contribution in [1.29, 1.82) is 0 Å². The maximum absolute atomic E-state index is 2.47. The number of fused-ring (bicyclic) bond motifs is 4. The number of rotatable bonds is 8. The summed E-state index contributed by atoms with van der Waals surface area (Å²) in [5, 5.41) is 4.84. The summed E-state index contributed by atoms with van der Waals surface area (Å²) in [6.45, 7) is 0. The van der Waals surface area contributed by atoms with Crippen molar-refractivity contribution in [2.45, 2.75) is 0 Å². The molecule has 0 fully saturated rings. The average Bonchev–Trinajstić information content (AvgIpc) is 3.66. The van der Waals surface area contributed by atoms with Gasteiger partial charge in [0.1, 0.15) is 0 Å². The zero-order valence-corrected chi connectivity index (χ0v) is 33.0. The molecule has 0 bridgehead atoms. The van der Waals surface area contributed by atoms with Crippen LogP contribution in [-0.2, 0) is 0 Å². The molecule has 2 heteroatoms. The number of benzene rings is 10.